The Kier molecular flexibility index (Phi) is 5.36. The molecule has 1 aromatic carbocycles. The van der Waals surface area contributed by atoms with Gasteiger partial charge in [0.05, 0.1) is 0 Å². The molecule has 104 valence electrons. The predicted molar refractivity (Wildman–Crippen MR) is 79.5 cm³/mol. The van der Waals surface area contributed by atoms with Crippen LogP contribution in [0.4, 0.5) is 0 Å². The van der Waals surface area contributed by atoms with Crippen LogP contribution in [0.15, 0.2) is 22.7 Å². The molecule has 0 bridgehead atoms. The van der Waals surface area contributed by atoms with Gasteiger partial charge in [-0.3, -0.25) is 15.1 Å². The maximum absolute atomic E-state index is 11.4. The monoisotopic (exact) mass is 325 g/mol. The summed E-state index contributed by atoms with van der Waals surface area (Å²) in [5.74, 6) is 4.87. The molecule has 2 rings (SSSR count). The number of rotatable bonds is 3. The molecule has 4 nitrogen and oxygen atoms in total. The van der Waals surface area contributed by atoms with E-state index in [0.29, 0.717) is 5.56 Å². The van der Waals surface area contributed by atoms with Crippen LogP contribution in [0.5, 0.6) is 0 Å². The lowest BCUT2D eigenvalue weighted by molar-refractivity contribution is 0.0953. The minimum Gasteiger partial charge on any atom is -0.299 e. The summed E-state index contributed by atoms with van der Waals surface area (Å²) in [6, 6.07) is 5.65. The van der Waals surface area contributed by atoms with Crippen molar-refractivity contribution in [1.82, 2.24) is 10.3 Å². The molecular weight excluding hydrogens is 306 g/mol. The van der Waals surface area contributed by atoms with Gasteiger partial charge in [-0.15, -0.1) is 0 Å². The summed E-state index contributed by atoms with van der Waals surface area (Å²) in [5.41, 5.74) is 3.94. The molecule has 1 fully saturated rings. The molecule has 1 amide bonds. The van der Waals surface area contributed by atoms with Gasteiger partial charge in [0.1, 0.15) is 0 Å². The number of hydrazine groups is 1. The summed E-state index contributed by atoms with van der Waals surface area (Å²) >= 11 is 3.54. The van der Waals surface area contributed by atoms with Crippen molar-refractivity contribution in [3.05, 3.63) is 33.8 Å². The van der Waals surface area contributed by atoms with E-state index in [0.717, 1.165) is 24.1 Å². The van der Waals surface area contributed by atoms with Gasteiger partial charge in [-0.1, -0.05) is 34.8 Å². The summed E-state index contributed by atoms with van der Waals surface area (Å²) in [7, 11) is 0. The largest absolute Gasteiger partial charge is 0.299 e. The van der Waals surface area contributed by atoms with Gasteiger partial charge in [0.2, 0.25) is 0 Å². The van der Waals surface area contributed by atoms with Crippen LogP contribution in [0, 0.1) is 0 Å². The van der Waals surface area contributed by atoms with Gasteiger partial charge in [0.15, 0.2) is 0 Å². The van der Waals surface area contributed by atoms with Crippen LogP contribution in [-0.2, 0) is 6.54 Å². The summed E-state index contributed by atoms with van der Waals surface area (Å²) in [5, 5.41) is 0. The maximum atomic E-state index is 11.4. The number of nitrogens with two attached hydrogens (primary N) is 1. The average molecular weight is 326 g/mol. The second-order valence-corrected chi connectivity index (χ2v) is 5.82. The highest BCUT2D eigenvalue weighted by atomic mass is 79.9. The van der Waals surface area contributed by atoms with Gasteiger partial charge in [0.25, 0.3) is 5.91 Å². The molecule has 19 heavy (non-hydrogen) atoms. The molecule has 0 atom stereocenters. The highest BCUT2D eigenvalue weighted by Crippen LogP contribution is 2.22. The first-order valence-electron chi connectivity index (χ1n) is 6.72. The van der Waals surface area contributed by atoms with Gasteiger partial charge in [-0.05, 0) is 43.6 Å². The quantitative estimate of drug-likeness (QED) is 0.510. The minimum absolute atomic E-state index is 0.262. The molecule has 3 N–H and O–H groups in total. The van der Waals surface area contributed by atoms with Crippen LogP contribution in [0.2, 0.25) is 0 Å². The van der Waals surface area contributed by atoms with Gasteiger partial charge < -0.3 is 0 Å². The number of hydrogen-bond donors (Lipinski definition) is 2. The van der Waals surface area contributed by atoms with E-state index in [4.69, 9.17) is 5.84 Å². The first-order valence-corrected chi connectivity index (χ1v) is 7.52. The fourth-order valence-corrected chi connectivity index (χ4v) is 2.94. The molecule has 0 saturated carbocycles. The third kappa shape index (κ3) is 4.03. The minimum atomic E-state index is -0.262. The molecular formula is C14H20BrN3O. The Morgan fingerprint density at radius 1 is 1.26 bits per heavy atom. The van der Waals surface area contributed by atoms with E-state index < -0.39 is 0 Å². The SMILES string of the molecule is NNC(=O)c1ccc(CN2CCCCCC2)c(Br)c1. The number of amides is 1. The number of benzene rings is 1. The van der Waals surface area contributed by atoms with E-state index in [1.165, 1.54) is 31.2 Å². The third-order valence-corrected chi connectivity index (χ3v) is 4.28. The fourth-order valence-electron chi connectivity index (χ4n) is 2.44. The lowest BCUT2D eigenvalue weighted by Crippen LogP contribution is -2.30. The lowest BCUT2D eigenvalue weighted by atomic mass is 10.1. The zero-order chi connectivity index (χ0) is 13.7. The van der Waals surface area contributed by atoms with Crippen molar-refractivity contribution in [2.75, 3.05) is 13.1 Å². The molecule has 0 aromatic heterocycles. The van der Waals surface area contributed by atoms with Crippen molar-refractivity contribution in [2.45, 2.75) is 32.2 Å². The van der Waals surface area contributed by atoms with Crippen LogP contribution < -0.4 is 11.3 Å². The second-order valence-electron chi connectivity index (χ2n) is 4.97. The van der Waals surface area contributed by atoms with E-state index in [1.54, 1.807) is 0 Å². The Hall–Kier alpha value is -0.910. The molecule has 0 aliphatic carbocycles. The van der Waals surface area contributed by atoms with Crippen molar-refractivity contribution >= 4 is 21.8 Å². The highest BCUT2D eigenvalue weighted by Gasteiger charge is 2.12. The summed E-state index contributed by atoms with van der Waals surface area (Å²) in [6.07, 6.45) is 5.25. The molecule has 0 unspecified atom stereocenters. The number of halogens is 1. The standard InChI is InChI=1S/C14H20BrN3O/c15-13-9-11(14(19)17-16)5-6-12(13)10-18-7-3-1-2-4-8-18/h5-6,9H,1-4,7-8,10,16H2,(H,17,19). The van der Waals surface area contributed by atoms with Crippen LogP contribution in [0.1, 0.15) is 41.6 Å². The molecule has 5 heteroatoms. The zero-order valence-electron chi connectivity index (χ0n) is 11.0. The number of nitrogens with zero attached hydrogens (tertiary/aromatic N) is 1. The van der Waals surface area contributed by atoms with Crippen molar-refractivity contribution in [1.29, 1.82) is 0 Å². The Morgan fingerprint density at radius 2 is 1.95 bits per heavy atom. The van der Waals surface area contributed by atoms with Crippen molar-refractivity contribution in [3.63, 3.8) is 0 Å². The van der Waals surface area contributed by atoms with Crippen molar-refractivity contribution < 1.29 is 4.79 Å². The van der Waals surface area contributed by atoms with Gasteiger partial charge >= 0.3 is 0 Å². The number of nitrogen functional groups attached to an aromatic ring is 1. The topological polar surface area (TPSA) is 58.4 Å². The molecule has 0 spiro atoms. The Labute approximate surface area is 122 Å². The van der Waals surface area contributed by atoms with E-state index in [2.05, 4.69) is 26.3 Å². The van der Waals surface area contributed by atoms with Crippen LogP contribution in [-0.4, -0.2) is 23.9 Å². The number of nitrogens with one attached hydrogen (secondary N) is 1. The number of carbonyl (C=O) groups excluding carboxylic acids is 1. The zero-order valence-corrected chi connectivity index (χ0v) is 12.6. The van der Waals surface area contributed by atoms with E-state index in [1.807, 2.05) is 18.2 Å². The Balaban J connectivity index is 2.05. The summed E-state index contributed by atoms with van der Waals surface area (Å²) in [4.78, 5) is 13.9. The number of likely N-dealkylation sites (tertiary alicyclic amines) is 1. The molecule has 0 radical (unpaired) electrons. The van der Waals surface area contributed by atoms with E-state index in [-0.39, 0.29) is 5.91 Å². The predicted octanol–water partition coefficient (Wildman–Crippen LogP) is 2.43. The number of carbonyl (C=O) groups is 1. The summed E-state index contributed by atoms with van der Waals surface area (Å²) in [6.45, 7) is 3.26. The Morgan fingerprint density at radius 3 is 2.53 bits per heavy atom. The van der Waals surface area contributed by atoms with Crippen LogP contribution >= 0.6 is 15.9 Å². The average Bonchev–Trinajstić information content (AvgIpc) is 2.68. The smallest absolute Gasteiger partial charge is 0.265 e. The van der Waals surface area contributed by atoms with Crippen LogP contribution in [0.25, 0.3) is 0 Å². The fraction of sp³-hybridized carbons (Fsp3) is 0.500. The second kappa shape index (κ2) is 7.03. The lowest BCUT2D eigenvalue weighted by Gasteiger charge is -2.20. The van der Waals surface area contributed by atoms with Gasteiger partial charge in [0, 0.05) is 16.6 Å². The first-order chi connectivity index (χ1) is 9.20. The first kappa shape index (κ1) is 14.5. The molecule has 1 aliphatic rings. The van der Waals surface area contributed by atoms with Crippen molar-refractivity contribution in [2.24, 2.45) is 5.84 Å². The van der Waals surface area contributed by atoms with Gasteiger partial charge in [-0.25, -0.2) is 5.84 Å². The van der Waals surface area contributed by atoms with Gasteiger partial charge in [-0.2, -0.15) is 0 Å². The molecule has 1 saturated heterocycles. The molecule has 1 aliphatic heterocycles. The van der Waals surface area contributed by atoms with E-state index in [9.17, 15) is 4.79 Å². The van der Waals surface area contributed by atoms with Crippen LogP contribution in [0.3, 0.4) is 0 Å². The summed E-state index contributed by atoms with van der Waals surface area (Å²) < 4.78 is 0.970. The Bertz CT molecular complexity index is 442. The molecule has 1 aromatic rings. The maximum Gasteiger partial charge on any atom is 0.265 e. The molecule has 1 heterocycles. The highest BCUT2D eigenvalue weighted by molar-refractivity contribution is 9.10. The van der Waals surface area contributed by atoms with E-state index >= 15 is 0 Å². The van der Waals surface area contributed by atoms with Crippen molar-refractivity contribution in [3.8, 4) is 0 Å². The third-order valence-electron chi connectivity index (χ3n) is 3.54. The number of hydrogen-bond acceptors (Lipinski definition) is 3. The normalized spacial score (nSPS) is 16.9.